The molecule has 3 aromatic rings. The zero-order valence-electron chi connectivity index (χ0n) is 12.4. The summed E-state index contributed by atoms with van der Waals surface area (Å²) in [5.41, 5.74) is 1.44. The first-order valence-corrected chi connectivity index (χ1v) is 7.26. The van der Waals surface area contributed by atoms with Gasteiger partial charge < -0.3 is 9.88 Å². The van der Waals surface area contributed by atoms with Gasteiger partial charge in [-0.15, -0.1) is 0 Å². The third kappa shape index (κ3) is 3.55. The molecule has 0 radical (unpaired) electrons. The van der Waals surface area contributed by atoms with Gasteiger partial charge in [-0.25, -0.2) is 4.98 Å². The minimum Gasteiger partial charge on any atom is -0.350 e. The normalized spacial score (nSPS) is 10.4. The number of benzene rings is 1. The second-order valence-electron chi connectivity index (χ2n) is 5.00. The predicted octanol–water partition coefficient (Wildman–Crippen LogP) is 1.46. The minimum absolute atomic E-state index is 0.134. The molecule has 6 nitrogen and oxygen atoms in total. The molecule has 6 heteroatoms. The van der Waals surface area contributed by atoms with Gasteiger partial charge in [-0.3, -0.25) is 14.2 Å². The number of rotatable bonds is 5. The average molecular weight is 308 g/mol. The minimum atomic E-state index is -0.166. The lowest BCUT2D eigenvalue weighted by Crippen LogP contribution is -2.30. The molecule has 0 unspecified atom stereocenters. The van der Waals surface area contributed by atoms with Gasteiger partial charge in [0.1, 0.15) is 0 Å². The van der Waals surface area contributed by atoms with Gasteiger partial charge in [0.2, 0.25) is 0 Å². The van der Waals surface area contributed by atoms with E-state index >= 15 is 0 Å². The van der Waals surface area contributed by atoms with Crippen molar-refractivity contribution in [2.45, 2.75) is 6.54 Å². The van der Waals surface area contributed by atoms with Crippen molar-refractivity contribution in [2.24, 2.45) is 0 Å². The fourth-order valence-corrected chi connectivity index (χ4v) is 2.23. The third-order valence-corrected chi connectivity index (χ3v) is 3.46. The molecular weight excluding hydrogens is 292 g/mol. The van der Waals surface area contributed by atoms with Gasteiger partial charge in [0, 0.05) is 49.0 Å². The molecule has 0 aliphatic carbocycles. The highest BCUT2D eigenvalue weighted by Gasteiger charge is 2.05. The number of nitrogens with one attached hydrogen (secondary N) is 1. The molecule has 0 fully saturated rings. The van der Waals surface area contributed by atoms with Crippen molar-refractivity contribution in [1.29, 1.82) is 0 Å². The van der Waals surface area contributed by atoms with Crippen molar-refractivity contribution >= 4 is 5.91 Å². The molecule has 0 aliphatic heterocycles. The van der Waals surface area contributed by atoms with Crippen LogP contribution >= 0.6 is 0 Å². The molecule has 0 saturated carbocycles. The topological polar surface area (TPSA) is 68.9 Å². The molecule has 3 rings (SSSR count). The maximum atomic E-state index is 12.1. The van der Waals surface area contributed by atoms with E-state index in [9.17, 15) is 9.59 Å². The Kier molecular flexibility index (Phi) is 4.33. The molecule has 1 aromatic carbocycles. The molecular formula is C17H16N4O2. The van der Waals surface area contributed by atoms with Crippen LogP contribution in [0.25, 0.3) is 5.69 Å². The maximum Gasteiger partial charge on any atom is 0.253 e. The van der Waals surface area contributed by atoms with Crippen LogP contribution in [0.4, 0.5) is 0 Å². The van der Waals surface area contributed by atoms with Crippen molar-refractivity contribution in [1.82, 2.24) is 19.4 Å². The molecule has 0 aliphatic rings. The molecule has 0 atom stereocenters. The van der Waals surface area contributed by atoms with Crippen LogP contribution in [0.2, 0.25) is 0 Å². The van der Waals surface area contributed by atoms with Gasteiger partial charge in [0.25, 0.3) is 11.5 Å². The summed E-state index contributed by atoms with van der Waals surface area (Å²) in [7, 11) is 0. The standard InChI is InChI=1S/C17H16N4O2/c22-16-7-8-18-13-21(16)12-9-19-17(23)14-3-5-15(6-4-14)20-10-1-2-11-20/h1-8,10-11,13H,9,12H2,(H,19,23). The number of hydrogen-bond acceptors (Lipinski definition) is 3. The van der Waals surface area contributed by atoms with Gasteiger partial charge in [0.05, 0.1) is 6.33 Å². The van der Waals surface area contributed by atoms with Crippen molar-refractivity contribution in [2.75, 3.05) is 6.54 Å². The number of carbonyl (C=O) groups excluding carboxylic acids is 1. The van der Waals surface area contributed by atoms with Gasteiger partial charge in [0.15, 0.2) is 0 Å². The Balaban J connectivity index is 1.58. The van der Waals surface area contributed by atoms with Crippen molar-refractivity contribution in [3.05, 3.63) is 83.3 Å². The van der Waals surface area contributed by atoms with Crippen molar-refractivity contribution in [3.63, 3.8) is 0 Å². The molecule has 0 bridgehead atoms. The van der Waals surface area contributed by atoms with Crippen LogP contribution in [0.1, 0.15) is 10.4 Å². The van der Waals surface area contributed by atoms with Crippen molar-refractivity contribution < 1.29 is 4.79 Å². The van der Waals surface area contributed by atoms with E-state index in [1.807, 2.05) is 41.2 Å². The first kappa shape index (κ1) is 14.8. The Bertz CT molecular complexity index is 836. The van der Waals surface area contributed by atoms with Crippen LogP contribution in [0.15, 0.2) is 72.2 Å². The van der Waals surface area contributed by atoms with Crippen molar-refractivity contribution in [3.8, 4) is 5.69 Å². The first-order chi connectivity index (χ1) is 11.2. The molecule has 116 valence electrons. The predicted molar refractivity (Wildman–Crippen MR) is 86.6 cm³/mol. The third-order valence-electron chi connectivity index (χ3n) is 3.46. The second-order valence-corrected chi connectivity index (χ2v) is 5.00. The lowest BCUT2D eigenvalue weighted by atomic mass is 10.2. The summed E-state index contributed by atoms with van der Waals surface area (Å²) < 4.78 is 3.42. The van der Waals surface area contributed by atoms with Gasteiger partial charge in [-0.1, -0.05) is 0 Å². The highest BCUT2D eigenvalue weighted by atomic mass is 16.1. The fourth-order valence-electron chi connectivity index (χ4n) is 2.23. The van der Waals surface area contributed by atoms with E-state index in [4.69, 9.17) is 0 Å². The van der Waals surface area contributed by atoms with Crippen LogP contribution < -0.4 is 10.9 Å². The zero-order chi connectivity index (χ0) is 16.1. The Hall–Kier alpha value is -3.15. The number of aromatic nitrogens is 3. The Morgan fingerprint density at radius 1 is 1.09 bits per heavy atom. The van der Waals surface area contributed by atoms with E-state index in [2.05, 4.69) is 10.3 Å². The SMILES string of the molecule is O=C(NCCn1cnccc1=O)c1ccc(-n2cccc2)cc1. The lowest BCUT2D eigenvalue weighted by Gasteiger charge is -2.08. The zero-order valence-corrected chi connectivity index (χ0v) is 12.4. The second kappa shape index (κ2) is 6.74. The van der Waals surface area contributed by atoms with E-state index in [-0.39, 0.29) is 11.5 Å². The molecule has 23 heavy (non-hydrogen) atoms. The fraction of sp³-hybridized carbons (Fsp3) is 0.118. The summed E-state index contributed by atoms with van der Waals surface area (Å²) in [6, 6.07) is 12.6. The molecule has 0 saturated heterocycles. The lowest BCUT2D eigenvalue weighted by molar-refractivity contribution is 0.0952. The molecule has 2 aromatic heterocycles. The Labute approximate surface area is 133 Å². The summed E-state index contributed by atoms with van der Waals surface area (Å²) in [6.07, 6.45) is 6.80. The Morgan fingerprint density at radius 2 is 1.83 bits per heavy atom. The molecule has 2 heterocycles. The molecule has 0 spiro atoms. The largest absolute Gasteiger partial charge is 0.350 e. The number of amides is 1. The van der Waals surface area contributed by atoms with E-state index in [1.165, 1.54) is 23.2 Å². The number of nitrogens with zero attached hydrogens (tertiary/aromatic N) is 3. The first-order valence-electron chi connectivity index (χ1n) is 7.26. The van der Waals surface area contributed by atoms with Crippen LogP contribution in [-0.4, -0.2) is 26.6 Å². The maximum absolute atomic E-state index is 12.1. The van der Waals surface area contributed by atoms with Gasteiger partial charge in [-0.05, 0) is 36.4 Å². The summed E-state index contributed by atoms with van der Waals surface area (Å²) in [6.45, 7) is 0.754. The summed E-state index contributed by atoms with van der Waals surface area (Å²) >= 11 is 0. The van der Waals surface area contributed by atoms with E-state index in [1.54, 1.807) is 12.1 Å². The summed E-state index contributed by atoms with van der Waals surface area (Å²) in [4.78, 5) is 27.5. The number of hydrogen-bond donors (Lipinski definition) is 1. The summed E-state index contributed by atoms with van der Waals surface area (Å²) in [5, 5.41) is 2.80. The monoisotopic (exact) mass is 308 g/mol. The quantitative estimate of drug-likeness (QED) is 0.776. The van der Waals surface area contributed by atoms with Crippen LogP contribution in [0.3, 0.4) is 0 Å². The van der Waals surface area contributed by atoms with E-state index in [0.29, 0.717) is 18.7 Å². The van der Waals surface area contributed by atoms with Gasteiger partial charge in [-0.2, -0.15) is 0 Å². The van der Waals surface area contributed by atoms with E-state index < -0.39 is 0 Å². The van der Waals surface area contributed by atoms with Crippen LogP contribution in [0.5, 0.6) is 0 Å². The summed E-state index contributed by atoms with van der Waals surface area (Å²) in [5.74, 6) is -0.166. The van der Waals surface area contributed by atoms with Gasteiger partial charge >= 0.3 is 0 Å². The molecule has 1 amide bonds. The Morgan fingerprint density at radius 3 is 2.52 bits per heavy atom. The number of carbonyl (C=O) groups is 1. The van der Waals surface area contributed by atoms with Crippen LogP contribution in [-0.2, 0) is 6.54 Å². The highest BCUT2D eigenvalue weighted by molar-refractivity contribution is 5.94. The van der Waals surface area contributed by atoms with Crippen LogP contribution in [0, 0.1) is 0 Å². The van der Waals surface area contributed by atoms with E-state index in [0.717, 1.165) is 5.69 Å². The average Bonchev–Trinajstić information content (AvgIpc) is 3.11. The molecule has 1 N–H and O–H groups in total. The smallest absolute Gasteiger partial charge is 0.253 e. The highest BCUT2D eigenvalue weighted by Crippen LogP contribution is 2.09.